The zero-order valence-electron chi connectivity index (χ0n) is 15.8. The summed E-state index contributed by atoms with van der Waals surface area (Å²) in [6.07, 6.45) is 3.48. The molecule has 1 fully saturated rings. The van der Waals surface area contributed by atoms with Crippen LogP contribution in [0.25, 0.3) is 0 Å². The molecule has 0 spiro atoms. The monoisotopic (exact) mass is 344 g/mol. The Labute approximate surface area is 151 Å². The minimum atomic E-state index is -0.619. The summed E-state index contributed by atoms with van der Waals surface area (Å²) in [4.78, 5) is 18.5. The number of likely N-dealkylation sites (tertiary alicyclic amines) is 1. The SMILES string of the molecule is CCNC(=NCC(C)(C)C(N)=O)N1CCC(Cc2ccccc2)CC1. The molecule has 1 heterocycles. The smallest absolute Gasteiger partial charge is 0.224 e. The molecule has 0 saturated carbocycles. The van der Waals surface area contributed by atoms with Crippen LogP contribution in [0.15, 0.2) is 35.3 Å². The number of aliphatic imine (C=N–C) groups is 1. The summed E-state index contributed by atoms with van der Waals surface area (Å²) in [5.74, 6) is 1.31. The third-order valence-electron chi connectivity index (χ3n) is 4.91. The van der Waals surface area contributed by atoms with Crippen molar-refractivity contribution in [1.29, 1.82) is 0 Å². The molecule has 1 amide bonds. The number of hydrogen-bond acceptors (Lipinski definition) is 2. The molecule has 1 aliphatic rings. The van der Waals surface area contributed by atoms with E-state index in [0.717, 1.165) is 37.9 Å². The highest BCUT2D eigenvalue weighted by Gasteiger charge is 2.26. The van der Waals surface area contributed by atoms with Crippen LogP contribution in [0.4, 0.5) is 0 Å². The highest BCUT2D eigenvalue weighted by Crippen LogP contribution is 2.22. The summed E-state index contributed by atoms with van der Waals surface area (Å²) < 4.78 is 0. The minimum absolute atomic E-state index is 0.311. The number of hydrogen-bond donors (Lipinski definition) is 2. The van der Waals surface area contributed by atoms with E-state index in [4.69, 9.17) is 5.73 Å². The normalized spacial score (nSPS) is 16.8. The molecule has 1 aliphatic heterocycles. The van der Waals surface area contributed by atoms with Gasteiger partial charge in [-0.2, -0.15) is 0 Å². The van der Waals surface area contributed by atoms with Gasteiger partial charge in [0.05, 0.1) is 12.0 Å². The third kappa shape index (κ3) is 5.76. The number of nitrogens with one attached hydrogen (secondary N) is 1. The quantitative estimate of drug-likeness (QED) is 0.615. The Morgan fingerprint density at radius 2 is 1.92 bits per heavy atom. The van der Waals surface area contributed by atoms with E-state index < -0.39 is 5.41 Å². The lowest BCUT2D eigenvalue weighted by atomic mass is 9.90. The lowest BCUT2D eigenvalue weighted by Crippen LogP contribution is -2.46. The minimum Gasteiger partial charge on any atom is -0.369 e. The van der Waals surface area contributed by atoms with Gasteiger partial charge in [-0.15, -0.1) is 0 Å². The van der Waals surface area contributed by atoms with Gasteiger partial charge in [-0.25, -0.2) is 0 Å². The molecule has 2 rings (SSSR count). The standard InChI is InChI=1S/C20H32N4O/c1-4-22-19(23-15-20(2,3)18(21)25)24-12-10-17(11-13-24)14-16-8-6-5-7-9-16/h5-9,17H,4,10-15H2,1-3H3,(H2,21,25)(H,22,23). The Morgan fingerprint density at radius 1 is 1.28 bits per heavy atom. The van der Waals surface area contributed by atoms with Crippen molar-refractivity contribution < 1.29 is 4.79 Å². The summed E-state index contributed by atoms with van der Waals surface area (Å²) in [7, 11) is 0. The second kappa shape index (κ2) is 8.88. The van der Waals surface area contributed by atoms with Crippen LogP contribution in [0.5, 0.6) is 0 Å². The average Bonchev–Trinajstić information content (AvgIpc) is 2.60. The Bertz CT molecular complexity index is 575. The molecule has 0 unspecified atom stereocenters. The van der Waals surface area contributed by atoms with Gasteiger partial charge in [-0.3, -0.25) is 9.79 Å². The number of nitrogens with two attached hydrogens (primary N) is 1. The van der Waals surface area contributed by atoms with E-state index >= 15 is 0 Å². The molecule has 5 heteroatoms. The maximum atomic E-state index is 11.5. The Kier molecular flexibility index (Phi) is 6.85. The molecule has 1 aromatic rings. The zero-order valence-corrected chi connectivity index (χ0v) is 15.8. The van der Waals surface area contributed by atoms with E-state index in [2.05, 4.69) is 52.5 Å². The molecule has 0 aliphatic carbocycles. The lowest BCUT2D eigenvalue weighted by Gasteiger charge is -2.34. The summed E-state index contributed by atoms with van der Waals surface area (Å²) in [5, 5.41) is 3.35. The van der Waals surface area contributed by atoms with Gasteiger partial charge in [0.1, 0.15) is 0 Å². The molecule has 0 atom stereocenters. The fourth-order valence-corrected chi connectivity index (χ4v) is 3.07. The number of benzene rings is 1. The first-order chi connectivity index (χ1) is 11.9. The van der Waals surface area contributed by atoms with Crippen LogP contribution in [0.1, 0.15) is 39.2 Å². The Hall–Kier alpha value is -2.04. The second-order valence-electron chi connectivity index (χ2n) is 7.54. The molecule has 3 N–H and O–H groups in total. The Balaban J connectivity index is 1.92. The molecule has 1 saturated heterocycles. The van der Waals surface area contributed by atoms with Crippen molar-refractivity contribution in [3.63, 3.8) is 0 Å². The molecule has 0 aromatic heterocycles. The van der Waals surface area contributed by atoms with Gasteiger partial charge in [0.2, 0.25) is 5.91 Å². The van der Waals surface area contributed by atoms with Crippen molar-refractivity contribution in [3.8, 4) is 0 Å². The summed E-state index contributed by atoms with van der Waals surface area (Å²) >= 11 is 0. The van der Waals surface area contributed by atoms with Crippen LogP contribution in [-0.4, -0.2) is 42.9 Å². The fourth-order valence-electron chi connectivity index (χ4n) is 3.07. The largest absolute Gasteiger partial charge is 0.369 e. The van der Waals surface area contributed by atoms with Gasteiger partial charge in [0.25, 0.3) is 0 Å². The molecular weight excluding hydrogens is 312 g/mol. The summed E-state index contributed by atoms with van der Waals surface area (Å²) in [6.45, 7) is 8.98. The van der Waals surface area contributed by atoms with Crippen LogP contribution in [0.3, 0.4) is 0 Å². The van der Waals surface area contributed by atoms with E-state index in [-0.39, 0.29) is 5.91 Å². The van der Waals surface area contributed by atoms with Crippen LogP contribution < -0.4 is 11.1 Å². The molecule has 138 valence electrons. The second-order valence-corrected chi connectivity index (χ2v) is 7.54. The van der Waals surface area contributed by atoms with Crippen LogP contribution in [0.2, 0.25) is 0 Å². The van der Waals surface area contributed by atoms with E-state index in [0.29, 0.717) is 6.54 Å². The van der Waals surface area contributed by atoms with Crippen LogP contribution >= 0.6 is 0 Å². The fraction of sp³-hybridized carbons (Fsp3) is 0.600. The van der Waals surface area contributed by atoms with Crippen molar-refractivity contribution in [2.75, 3.05) is 26.2 Å². The van der Waals surface area contributed by atoms with E-state index in [9.17, 15) is 4.79 Å². The molecule has 1 aromatic carbocycles. The predicted octanol–water partition coefficient (Wildman–Crippen LogP) is 2.42. The number of primary amides is 1. The first-order valence-electron chi connectivity index (χ1n) is 9.29. The van der Waals surface area contributed by atoms with Gasteiger partial charge in [0, 0.05) is 19.6 Å². The number of guanidine groups is 1. The first-order valence-corrected chi connectivity index (χ1v) is 9.29. The van der Waals surface area contributed by atoms with Gasteiger partial charge in [0.15, 0.2) is 5.96 Å². The lowest BCUT2D eigenvalue weighted by molar-refractivity contribution is -0.125. The highest BCUT2D eigenvalue weighted by molar-refractivity contribution is 5.82. The summed E-state index contributed by atoms with van der Waals surface area (Å²) in [6, 6.07) is 10.7. The van der Waals surface area contributed by atoms with Crippen LogP contribution in [-0.2, 0) is 11.2 Å². The van der Waals surface area contributed by atoms with Crippen molar-refractivity contribution in [1.82, 2.24) is 10.2 Å². The number of carbonyl (C=O) groups is 1. The molecule has 5 nitrogen and oxygen atoms in total. The molecule has 0 radical (unpaired) electrons. The third-order valence-corrected chi connectivity index (χ3v) is 4.91. The van der Waals surface area contributed by atoms with Gasteiger partial charge >= 0.3 is 0 Å². The number of amides is 1. The van der Waals surface area contributed by atoms with Crippen molar-refractivity contribution in [3.05, 3.63) is 35.9 Å². The molecule has 25 heavy (non-hydrogen) atoms. The first kappa shape index (κ1) is 19.3. The van der Waals surface area contributed by atoms with Crippen molar-refractivity contribution >= 4 is 11.9 Å². The van der Waals surface area contributed by atoms with Crippen molar-refractivity contribution in [2.24, 2.45) is 22.1 Å². The molecule has 0 bridgehead atoms. The summed E-state index contributed by atoms with van der Waals surface area (Å²) in [5.41, 5.74) is 6.26. The number of rotatable bonds is 6. The molecular formula is C20H32N4O. The predicted molar refractivity (Wildman–Crippen MR) is 103 cm³/mol. The maximum Gasteiger partial charge on any atom is 0.224 e. The van der Waals surface area contributed by atoms with Gasteiger partial charge < -0.3 is 16.0 Å². The van der Waals surface area contributed by atoms with E-state index in [1.54, 1.807) is 0 Å². The van der Waals surface area contributed by atoms with Gasteiger partial charge in [-0.05, 0) is 51.5 Å². The Morgan fingerprint density at radius 3 is 2.48 bits per heavy atom. The van der Waals surface area contributed by atoms with Gasteiger partial charge in [-0.1, -0.05) is 30.3 Å². The maximum absolute atomic E-state index is 11.5. The van der Waals surface area contributed by atoms with Crippen LogP contribution in [0, 0.1) is 11.3 Å². The topological polar surface area (TPSA) is 70.7 Å². The zero-order chi connectivity index (χ0) is 18.3. The highest BCUT2D eigenvalue weighted by atomic mass is 16.1. The average molecular weight is 345 g/mol. The number of nitrogens with zero attached hydrogens (tertiary/aromatic N) is 2. The van der Waals surface area contributed by atoms with E-state index in [1.165, 1.54) is 18.4 Å². The number of piperidine rings is 1. The van der Waals surface area contributed by atoms with Crippen molar-refractivity contribution in [2.45, 2.75) is 40.0 Å². The number of carbonyl (C=O) groups excluding carboxylic acids is 1. The van der Waals surface area contributed by atoms with E-state index in [1.807, 2.05) is 13.8 Å².